The van der Waals surface area contributed by atoms with Gasteiger partial charge in [-0.05, 0) is 68.4 Å². The highest BCUT2D eigenvalue weighted by Gasteiger charge is 2.53. The maximum Gasteiger partial charge on any atom is 0.407 e. The number of rotatable bonds is 10. The average molecular weight is 584 g/mol. The first-order chi connectivity index (χ1) is 19.8. The van der Waals surface area contributed by atoms with Gasteiger partial charge in [0.25, 0.3) is 0 Å². The molecule has 4 rings (SSSR count). The zero-order valence-corrected chi connectivity index (χ0v) is 24.1. The predicted molar refractivity (Wildman–Crippen MR) is 156 cm³/mol. The van der Waals surface area contributed by atoms with Gasteiger partial charge in [-0.15, -0.1) is 0 Å². The lowest BCUT2D eigenvalue weighted by Crippen LogP contribution is -2.73. The molecule has 2 saturated heterocycles. The van der Waals surface area contributed by atoms with Crippen molar-refractivity contribution in [3.05, 3.63) is 65.2 Å². The second-order valence-electron chi connectivity index (χ2n) is 10.5. The van der Waals surface area contributed by atoms with Crippen molar-refractivity contribution in [2.45, 2.75) is 63.6 Å². The lowest BCUT2D eigenvalue weighted by molar-refractivity contribution is -0.160. The number of anilines is 1. The molecule has 2 fully saturated rings. The molecule has 0 bridgehead atoms. The smallest absolute Gasteiger partial charge is 0.407 e. The van der Waals surface area contributed by atoms with Crippen molar-refractivity contribution >= 4 is 41.2 Å². The van der Waals surface area contributed by atoms with Gasteiger partial charge in [0, 0.05) is 36.9 Å². The van der Waals surface area contributed by atoms with Gasteiger partial charge in [0.05, 0.1) is 0 Å². The number of benzene rings is 2. The molecule has 2 aliphatic heterocycles. The Morgan fingerprint density at radius 1 is 1.05 bits per heavy atom. The Hall–Kier alpha value is -3.79. The van der Waals surface area contributed by atoms with Gasteiger partial charge < -0.3 is 30.5 Å². The largest absolute Gasteiger partial charge is 0.445 e. The van der Waals surface area contributed by atoms with Crippen molar-refractivity contribution in [3.63, 3.8) is 0 Å². The number of urea groups is 1. The van der Waals surface area contributed by atoms with Gasteiger partial charge in [0.15, 0.2) is 0 Å². The van der Waals surface area contributed by atoms with E-state index in [2.05, 4.69) is 16.0 Å². The van der Waals surface area contributed by atoms with E-state index in [1.54, 1.807) is 34.1 Å². The number of alkyl carbamates (subject to hydrolysis) is 1. The van der Waals surface area contributed by atoms with E-state index in [-0.39, 0.29) is 24.5 Å². The fourth-order valence-electron chi connectivity index (χ4n) is 5.37. The lowest BCUT2D eigenvalue weighted by Gasteiger charge is -2.51. The topological polar surface area (TPSA) is 120 Å². The summed E-state index contributed by atoms with van der Waals surface area (Å²) >= 11 is 5.92. The molecule has 0 aromatic heterocycles. The van der Waals surface area contributed by atoms with Gasteiger partial charge in [-0.25, -0.2) is 9.59 Å². The van der Waals surface area contributed by atoms with Gasteiger partial charge in [-0.3, -0.25) is 9.59 Å². The van der Waals surface area contributed by atoms with Crippen LogP contribution in [-0.2, 0) is 20.9 Å². The van der Waals surface area contributed by atoms with Crippen LogP contribution in [0, 0.1) is 0 Å². The fourth-order valence-corrected chi connectivity index (χ4v) is 5.50. The molecule has 1 atom stereocenters. The molecule has 41 heavy (non-hydrogen) atoms. The molecule has 2 aromatic rings. The minimum absolute atomic E-state index is 0.0826. The summed E-state index contributed by atoms with van der Waals surface area (Å²) in [5, 5.41) is 9.14. The molecule has 11 heteroatoms. The molecule has 2 aliphatic rings. The van der Waals surface area contributed by atoms with Crippen molar-refractivity contribution in [1.29, 1.82) is 0 Å². The second-order valence-corrected chi connectivity index (χ2v) is 10.9. The number of piperidine rings is 1. The van der Waals surface area contributed by atoms with Gasteiger partial charge in [-0.2, -0.15) is 0 Å². The predicted octanol–water partition coefficient (Wildman–Crippen LogP) is 4.54. The van der Waals surface area contributed by atoms with Crippen LogP contribution in [0.1, 0.15) is 51.0 Å². The Kier molecular flexibility index (Phi) is 10.5. The number of nitrogens with one attached hydrogen (secondary N) is 3. The summed E-state index contributed by atoms with van der Waals surface area (Å²) in [5.74, 6) is -0.239. The highest BCUT2D eigenvalue weighted by atomic mass is 35.5. The number of nitrogens with zero attached hydrogens (tertiary/aromatic N) is 2. The molecule has 1 spiro atoms. The van der Waals surface area contributed by atoms with Gasteiger partial charge in [0.2, 0.25) is 11.8 Å². The molecule has 3 N–H and O–H groups in total. The Labute approximate surface area is 245 Å². The number of hydrogen-bond donors (Lipinski definition) is 3. The second kappa shape index (κ2) is 14.2. The first-order valence-electron chi connectivity index (χ1n) is 14.2. The SMILES string of the molecule is CCCN1C(=O)[C@H](CCCCNC(=O)OCc2ccccc2)NC(=O)C12CCN(C(=O)Nc1ccc(Cl)cc1)CC2. The third kappa shape index (κ3) is 7.70. The molecule has 10 nitrogen and oxygen atoms in total. The average Bonchev–Trinajstić information content (AvgIpc) is 2.98. The molecule has 0 aliphatic carbocycles. The van der Waals surface area contributed by atoms with Gasteiger partial charge in [0.1, 0.15) is 18.2 Å². The molecule has 0 saturated carbocycles. The van der Waals surface area contributed by atoms with Gasteiger partial charge in [-0.1, -0.05) is 48.9 Å². The molecule has 220 valence electrons. The summed E-state index contributed by atoms with van der Waals surface area (Å²) in [6, 6.07) is 15.5. The Morgan fingerprint density at radius 2 is 1.76 bits per heavy atom. The van der Waals surface area contributed by atoms with Crippen LogP contribution in [0.3, 0.4) is 0 Å². The lowest BCUT2D eigenvalue weighted by atomic mass is 9.81. The monoisotopic (exact) mass is 583 g/mol. The number of ether oxygens (including phenoxy) is 1. The molecule has 0 radical (unpaired) electrons. The van der Waals surface area contributed by atoms with Crippen LogP contribution in [0.15, 0.2) is 54.6 Å². The van der Waals surface area contributed by atoms with Crippen LogP contribution >= 0.6 is 11.6 Å². The summed E-state index contributed by atoms with van der Waals surface area (Å²) in [5.41, 5.74) is 0.598. The maximum atomic E-state index is 13.5. The third-order valence-corrected chi connectivity index (χ3v) is 7.88. The summed E-state index contributed by atoms with van der Waals surface area (Å²) in [6.07, 6.45) is 2.78. The molecule has 0 unspecified atom stereocenters. The van der Waals surface area contributed by atoms with Crippen molar-refractivity contribution in [2.24, 2.45) is 0 Å². The first-order valence-corrected chi connectivity index (χ1v) is 14.6. The molecular formula is C30H38ClN5O5. The van der Waals surface area contributed by atoms with E-state index in [0.717, 1.165) is 12.0 Å². The minimum atomic E-state index is -0.954. The first kappa shape index (κ1) is 30.2. The summed E-state index contributed by atoms with van der Waals surface area (Å²) < 4.78 is 5.22. The van der Waals surface area contributed by atoms with E-state index in [0.29, 0.717) is 69.0 Å². The number of carbonyl (C=O) groups is 4. The third-order valence-electron chi connectivity index (χ3n) is 7.63. The molecular weight excluding hydrogens is 546 g/mol. The fraction of sp³-hybridized carbons (Fsp3) is 0.467. The van der Waals surface area contributed by atoms with Crippen LogP contribution in [0.25, 0.3) is 0 Å². The summed E-state index contributed by atoms with van der Waals surface area (Å²) in [4.78, 5) is 55.2. The van der Waals surface area contributed by atoms with E-state index >= 15 is 0 Å². The van der Waals surface area contributed by atoms with E-state index in [9.17, 15) is 19.2 Å². The molecule has 2 heterocycles. The Bertz CT molecular complexity index is 1200. The van der Waals surface area contributed by atoms with Crippen molar-refractivity contribution < 1.29 is 23.9 Å². The van der Waals surface area contributed by atoms with Crippen LogP contribution in [0.5, 0.6) is 0 Å². The highest BCUT2D eigenvalue weighted by Crippen LogP contribution is 2.34. The zero-order chi connectivity index (χ0) is 29.2. The Morgan fingerprint density at radius 3 is 2.44 bits per heavy atom. The Balaban J connectivity index is 1.23. The highest BCUT2D eigenvalue weighted by molar-refractivity contribution is 6.30. The number of hydrogen-bond acceptors (Lipinski definition) is 5. The zero-order valence-electron chi connectivity index (χ0n) is 23.4. The summed E-state index contributed by atoms with van der Waals surface area (Å²) in [7, 11) is 0. The van der Waals surface area contributed by atoms with Crippen molar-refractivity contribution in [1.82, 2.24) is 20.4 Å². The maximum absolute atomic E-state index is 13.5. The van der Waals surface area contributed by atoms with Crippen LogP contribution < -0.4 is 16.0 Å². The molecule has 2 aromatic carbocycles. The normalized spacial score (nSPS) is 18.1. The standard InChI is InChI=1S/C30H38ClN5O5/c1-2-18-36-26(37)25(10-6-7-17-32-29(40)41-21-22-8-4-3-5-9-22)34-27(38)30(36)15-19-35(20-16-30)28(39)33-24-13-11-23(31)12-14-24/h3-5,8-9,11-14,25H,2,6-7,10,15-21H2,1H3,(H,32,40)(H,33,39)(H,34,38)/t25-/m0/s1. The van der Waals surface area contributed by atoms with Crippen molar-refractivity contribution in [3.8, 4) is 0 Å². The molecule has 5 amide bonds. The van der Waals surface area contributed by atoms with E-state index in [1.165, 1.54) is 0 Å². The van der Waals surface area contributed by atoms with Crippen LogP contribution in [-0.4, -0.2) is 71.5 Å². The van der Waals surface area contributed by atoms with E-state index < -0.39 is 17.7 Å². The van der Waals surface area contributed by atoms with E-state index in [1.807, 2.05) is 37.3 Å². The van der Waals surface area contributed by atoms with Crippen LogP contribution in [0.2, 0.25) is 5.02 Å². The van der Waals surface area contributed by atoms with Crippen LogP contribution in [0.4, 0.5) is 15.3 Å². The minimum Gasteiger partial charge on any atom is -0.445 e. The number of piperazine rings is 1. The number of amides is 5. The number of likely N-dealkylation sites (tertiary alicyclic amines) is 1. The number of unbranched alkanes of at least 4 members (excludes halogenated alkanes) is 1. The van der Waals surface area contributed by atoms with E-state index in [4.69, 9.17) is 16.3 Å². The van der Waals surface area contributed by atoms with Gasteiger partial charge >= 0.3 is 12.1 Å². The number of halogens is 1. The number of carbonyl (C=O) groups excluding carboxylic acids is 4. The quantitative estimate of drug-likeness (QED) is 0.355. The van der Waals surface area contributed by atoms with Crippen molar-refractivity contribution in [2.75, 3.05) is 31.5 Å². The summed E-state index contributed by atoms with van der Waals surface area (Å²) in [6.45, 7) is 3.80.